The van der Waals surface area contributed by atoms with Gasteiger partial charge >= 0.3 is 6.03 Å². The van der Waals surface area contributed by atoms with Gasteiger partial charge in [0.1, 0.15) is 0 Å². The lowest BCUT2D eigenvalue weighted by Crippen LogP contribution is -2.53. The summed E-state index contributed by atoms with van der Waals surface area (Å²) in [4.78, 5) is 28.3. The molecule has 3 rings (SSSR count). The molecule has 4 unspecified atom stereocenters. The Morgan fingerprint density at radius 1 is 1.21 bits per heavy atom. The standard InChI is InChI=1S/C16H27N3O5/c1-11-10-23-6-5-19(11)16(21)18-4-7-24-14-8-12(15(20)17-22)2-3-13(14)9-18/h11-14,22H,2-10H2,1H3,(H,17,20). The third-order valence-electron chi connectivity index (χ3n) is 5.44. The zero-order valence-electron chi connectivity index (χ0n) is 14.1. The highest BCUT2D eigenvalue weighted by Crippen LogP contribution is 2.33. The predicted octanol–water partition coefficient (Wildman–Crippen LogP) is 0.450. The van der Waals surface area contributed by atoms with E-state index in [-0.39, 0.29) is 35.9 Å². The van der Waals surface area contributed by atoms with E-state index in [4.69, 9.17) is 14.7 Å². The van der Waals surface area contributed by atoms with Crippen LogP contribution in [0, 0.1) is 11.8 Å². The van der Waals surface area contributed by atoms with Gasteiger partial charge < -0.3 is 19.3 Å². The highest BCUT2D eigenvalue weighted by Gasteiger charge is 2.39. The number of rotatable bonds is 1. The molecule has 0 radical (unpaired) electrons. The predicted molar refractivity (Wildman–Crippen MR) is 84.5 cm³/mol. The molecule has 0 aromatic carbocycles. The number of ether oxygens (including phenoxy) is 2. The van der Waals surface area contributed by atoms with Crippen LogP contribution in [0.4, 0.5) is 4.79 Å². The van der Waals surface area contributed by atoms with Crippen LogP contribution in [0.3, 0.4) is 0 Å². The number of fused-ring (bicyclic) bond motifs is 1. The van der Waals surface area contributed by atoms with Crippen molar-refractivity contribution in [2.45, 2.75) is 38.3 Å². The Balaban J connectivity index is 1.61. The van der Waals surface area contributed by atoms with Gasteiger partial charge in [-0.25, -0.2) is 10.3 Å². The number of carbonyl (C=O) groups excluding carboxylic acids is 2. The lowest BCUT2D eigenvalue weighted by Gasteiger charge is -2.38. The Kier molecular flexibility index (Phi) is 5.57. The first-order chi connectivity index (χ1) is 11.6. The van der Waals surface area contributed by atoms with Gasteiger partial charge in [-0.2, -0.15) is 0 Å². The van der Waals surface area contributed by atoms with Gasteiger partial charge in [0.25, 0.3) is 0 Å². The molecular formula is C16H27N3O5. The molecule has 0 aromatic rings. The van der Waals surface area contributed by atoms with E-state index >= 15 is 0 Å². The maximum Gasteiger partial charge on any atom is 0.320 e. The third-order valence-corrected chi connectivity index (χ3v) is 5.44. The van der Waals surface area contributed by atoms with Crippen LogP contribution in [-0.4, -0.2) is 78.5 Å². The van der Waals surface area contributed by atoms with Crippen LogP contribution in [0.25, 0.3) is 0 Å². The van der Waals surface area contributed by atoms with E-state index in [9.17, 15) is 9.59 Å². The molecule has 8 nitrogen and oxygen atoms in total. The Bertz CT molecular complexity index is 475. The minimum absolute atomic E-state index is 0.0269. The zero-order valence-corrected chi connectivity index (χ0v) is 14.1. The largest absolute Gasteiger partial charge is 0.377 e. The van der Waals surface area contributed by atoms with Crippen molar-refractivity contribution in [2.75, 3.05) is 39.5 Å². The molecule has 2 heterocycles. The number of nitrogens with one attached hydrogen (secondary N) is 1. The topological polar surface area (TPSA) is 91.3 Å². The van der Waals surface area contributed by atoms with Crippen LogP contribution in [0.2, 0.25) is 0 Å². The van der Waals surface area contributed by atoms with Crippen LogP contribution in [0.15, 0.2) is 0 Å². The van der Waals surface area contributed by atoms with Gasteiger partial charge in [-0.1, -0.05) is 0 Å². The molecule has 1 aliphatic carbocycles. The molecule has 4 atom stereocenters. The van der Waals surface area contributed by atoms with E-state index in [2.05, 4.69) is 0 Å². The van der Waals surface area contributed by atoms with Gasteiger partial charge in [0.2, 0.25) is 5.91 Å². The Morgan fingerprint density at radius 3 is 2.79 bits per heavy atom. The monoisotopic (exact) mass is 341 g/mol. The van der Waals surface area contributed by atoms with Gasteiger partial charge in [0.15, 0.2) is 0 Å². The SMILES string of the molecule is CC1COCCN1C(=O)N1CCOC2CC(C(=O)NO)CCC2C1. The maximum absolute atomic E-state index is 12.9. The van der Waals surface area contributed by atoms with Gasteiger partial charge in [-0.15, -0.1) is 0 Å². The second kappa shape index (κ2) is 7.67. The van der Waals surface area contributed by atoms with Crippen LogP contribution in [-0.2, 0) is 14.3 Å². The highest BCUT2D eigenvalue weighted by atomic mass is 16.5. The Morgan fingerprint density at radius 2 is 2.04 bits per heavy atom. The fourth-order valence-electron chi connectivity index (χ4n) is 3.99. The average molecular weight is 341 g/mol. The van der Waals surface area contributed by atoms with E-state index in [0.717, 1.165) is 6.42 Å². The van der Waals surface area contributed by atoms with E-state index in [0.29, 0.717) is 52.3 Å². The summed E-state index contributed by atoms with van der Waals surface area (Å²) < 4.78 is 11.3. The van der Waals surface area contributed by atoms with E-state index in [1.165, 1.54) is 0 Å². The molecule has 3 fully saturated rings. The summed E-state index contributed by atoms with van der Waals surface area (Å²) >= 11 is 0. The lowest BCUT2D eigenvalue weighted by atomic mass is 9.79. The number of hydrogen-bond acceptors (Lipinski definition) is 5. The van der Waals surface area contributed by atoms with E-state index in [1.807, 2.05) is 16.7 Å². The third kappa shape index (κ3) is 3.65. The summed E-state index contributed by atoms with van der Waals surface area (Å²) in [5.74, 6) is -0.301. The summed E-state index contributed by atoms with van der Waals surface area (Å²) in [5.41, 5.74) is 1.74. The average Bonchev–Trinajstić information content (AvgIpc) is 2.82. The number of amides is 3. The number of hydroxylamine groups is 1. The number of urea groups is 1. The highest BCUT2D eigenvalue weighted by molar-refractivity contribution is 5.77. The van der Waals surface area contributed by atoms with Crippen molar-refractivity contribution in [3.8, 4) is 0 Å². The molecule has 3 amide bonds. The van der Waals surface area contributed by atoms with Crippen molar-refractivity contribution in [3.63, 3.8) is 0 Å². The molecule has 1 saturated carbocycles. The molecule has 0 spiro atoms. The van der Waals surface area contributed by atoms with Crippen molar-refractivity contribution in [1.29, 1.82) is 0 Å². The molecule has 0 bridgehead atoms. The molecule has 8 heteroatoms. The van der Waals surface area contributed by atoms with Crippen LogP contribution < -0.4 is 5.48 Å². The fraction of sp³-hybridized carbons (Fsp3) is 0.875. The van der Waals surface area contributed by atoms with Crippen LogP contribution >= 0.6 is 0 Å². The molecule has 0 aromatic heterocycles. The van der Waals surface area contributed by atoms with Crippen LogP contribution in [0.5, 0.6) is 0 Å². The first-order valence-electron chi connectivity index (χ1n) is 8.79. The smallest absolute Gasteiger partial charge is 0.320 e. The summed E-state index contributed by atoms with van der Waals surface area (Å²) in [6.07, 6.45) is 2.12. The number of morpholine rings is 1. The zero-order chi connectivity index (χ0) is 17.1. The second-order valence-corrected chi connectivity index (χ2v) is 7.00. The molecule has 24 heavy (non-hydrogen) atoms. The van der Waals surface area contributed by atoms with Crippen molar-refractivity contribution in [3.05, 3.63) is 0 Å². The number of carbonyl (C=O) groups is 2. The lowest BCUT2D eigenvalue weighted by molar-refractivity contribution is -0.137. The molecule has 2 N–H and O–H groups in total. The molecule has 136 valence electrons. The first-order valence-corrected chi connectivity index (χ1v) is 8.79. The summed E-state index contributed by atoms with van der Waals surface area (Å²) in [6, 6.07) is 0.153. The van der Waals surface area contributed by atoms with E-state index in [1.54, 1.807) is 5.48 Å². The van der Waals surface area contributed by atoms with Crippen molar-refractivity contribution >= 4 is 11.9 Å². The van der Waals surface area contributed by atoms with E-state index < -0.39 is 0 Å². The van der Waals surface area contributed by atoms with Crippen molar-refractivity contribution in [1.82, 2.24) is 15.3 Å². The summed E-state index contributed by atoms with van der Waals surface area (Å²) in [7, 11) is 0. The quantitative estimate of drug-likeness (QED) is 0.534. The normalized spacial score (nSPS) is 34.2. The summed E-state index contributed by atoms with van der Waals surface area (Å²) in [6.45, 7) is 5.54. The fourth-order valence-corrected chi connectivity index (χ4v) is 3.99. The summed E-state index contributed by atoms with van der Waals surface area (Å²) in [5, 5.41) is 8.81. The minimum Gasteiger partial charge on any atom is -0.377 e. The molecule has 2 saturated heterocycles. The molecular weight excluding hydrogens is 314 g/mol. The van der Waals surface area contributed by atoms with Gasteiger partial charge in [0.05, 0.1) is 32.0 Å². The van der Waals surface area contributed by atoms with Crippen molar-refractivity contribution in [2.24, 2.45) is 11.8 Å². The first kappa shape index (κ1) is 17.4. The second-order valence-electron chi connectivity index (χ2n) is 7.00. The van der Waals surface area contributed by atoms with Gasteiger partial charge in [-0.05, 0) is 26.2 Å². The minimum atomic E-state index is -0.337. The Hall–Kier alpha value is -1.38. The Labute approximate surface area is 142 Å². The number of hydrogen-bond donors (Lipinski definition) is 2. The van der Waals surface area contributed by atoms with Gasteiger partial charge in [-0.3, -0.25) is 10.0 Å². The molecule has 3 aliphatic rings. The number of nitrogens with zero attached hydrogens (tertiary/aromatic N) is 2. The van der Waals surface area contributed by atoms with Gasteiger partial charge in [0, 0.05) is 31.5 Å². The van der Waals surface area contributed by atoms with Crippen molar-refractivity contribution < 1.29 is 24.3 Å². The maximum atomic E-state index is 12.9. The van der Waals surface area contributed by atoms with Crippen LogP contribution in [0.1, 0.15) is 26.2 Å². The molecule has 2 aliphatic heterocycles.